The standard InChI is InChI=1S/C8H11BOS/c1-2-7-4-3-5-8(6-7)9(10)11/h3-6,10-11H,2H2,1H3. The molecule has 0 fully saturated rings. The van der Waals surface area contributed by atoms with Crippen molar-refractivity contribution >= 4 is 24.1 Å². The summed E-state index contributed by atoms with van der Waals surface area (Å²) in [4.78, 5) is 0. The van der Waals surface area contributed by atoms with Gasteiger partial charge in [0.15, 0.2) is 0 Å². The quantitative estimate of drug-likeness (QED) is 0.493. The predicted molar refractivity (Wildman–Crippen MR) is 52.4 cm³/mol. The molecule has 0 aliphatic rings. The monoisotopic (exact) mass is 166 g/mol. The summed E-state index contributed by atoms with van der Waals surface area (Å²) in [5, 5.41) is 9.11. The Morgan fingerprint density at radius 3 is 2.82 bits per heavy atom. The minimum absolute atomic E-state index is 0.651. The highest BCUT2D eigenvalue weighted by molar-refractivity contribution is 8.10. The van der Waals surface area contributed by atoms with E-state index in [1.165, 1.54) is 5.56 Å². The summed E-state index contributed by atoms with van der Waals surface area (Å²) in [6.07, 6.45) is 0.343. The molecule has 0 radical (unpaired) electrons. The van der Waals surface area contributed by atoms with Gasteiger partial charge in [-0.05, 0) is 17.4 Å². The fourth-order valence-corrected chi connectivity index (χ4v) is 1.13. The third-order valence-corrected chi connectivity index (χ3v) is 1.96. The Hall–Kier alpha value is -0.405. The first-order valence-corrected chi connectivity index (χ1v) is 4.20. The first-order chi connectivity index (χ1) is 5.24. The van der Waals surface area contributed by atoms with E-state index in [0.29, 0.717) is 0 Å². The van der Waals surface area contributed by atoms with Crippen LogP contribution >= 0.6 is 12.5 Å². The van der Waals surface area contributed by atoms with E-state index < -0.39 is 6.19 Å². The highest BCUT2D eigenvalue weighted by Gasteiger charge is 2.06. The van der Waals surface area contributed by atoms with E-state index in [2.05, 4.69) is 19.4 Å². The van der Waals surface area contributed by atoms with E-state index >= 15 is 0 Å². The summed E-state index contributed by atoms with van der Waals surface area (Å²) >= 11 is 3.93. The Labute approximate surface area is 72.9 Å². The molecular formula is C8H11BOS. The van der Waals surface area contributed by atoms with Crippen LogP contribution in [0.3, 0.4) is 0 Å². The van der Waals surface area contributed by atoms with Gasteiger partial charge < -0.3 is 5.02 Å². The van der Waals surface area contributed by atoms with Crippen LogP contribution in [0.25, 0.3) is 0 Å². The molecule has 0 aliphatic heterocycles. The van der Waals surface area contributed by atoms with E-state index in [9.17, 15) is 0 Å². The first-order valence-electron chi connectivity index (χ1n) is 3.69. The van der Waals surface area contributed by atoms with Crippen molar-refractivity contribution in [3.8, 4) is 0 Å². The van der Waals surface area contributed by atoms with E-state index in [1.807, 2.05) is 24.3 Å². The molecule has 0 atom stereocenters. The number of benzene rings is 1. The Morgan fingerprint density at radius 2 is 2.27 bits per heavy atom. The lowest BCUT2D eigenvalue weighted by molar-refractivity contribution is 0.609. The SMILES string of the molecule is CCc1cccc(B(O)S)c1. The molecular weight excluding hydrogens is 155 g/mol. The van der Waals surface area contributed by atoms with Gasteiger partial charge in [-0.25, -0.2) is 0 Å². The van der Waals surface area contributed by atoms with Gasteiger partial charge >= 0.3 is 6.19 Å². The van der Waals surface area contributed by atoms with Gasteiger partial charge in [0.25, 0.3) is 0 Å². The van der Waals surface area contributed by atoms with Crippen LogP contribution in [0.15, 0.2) is 24.3 Å². The van der Waals surface area contributed by atoms with Gasteiger partial charge in [-0.2, -0.15) is 12.5 Å². The number of hydrogen-bond donors (Lipinski definition) is 2. The Morgan fingerprint density at radius 1 is 1.55 bits per heavy atom. The predicted octanol–water partition coefficient (Wildman–Crippen LogP) is 0.866. The van der Waals surface area contributed by atoms with Crippen molar-refractivity contribution in [3.05, 3.63) is 29.8 Å². The van der Waals surface area contributed by atoms with Crippen molar-refractivity contribution in [1.82, 2.24) is 0 Å². The maximum atomic E-state index is 9.11. The van der Waals surface area contributed by atoms with Gasteiger partial charge in [-0.15, -0.1) is 0 Å². The molecule has 0 aliphatic carbocycles. The Kier molecular flexibility index (Phi) is 3.03. The molecule has 0 bridgehead atoms. The summed E-state index contributed by atoms with van der Waals surface area (Å²) in [5.74, 6) is 0. The lowest BCUT2D eigenvalue weighted by atomic mass is 9.85. The van der Waals surface area contributed by atoms with Crippen LogP contribution in [-0.2, 0) is 6.42 Å². The molecule has 0 heterocycles. The molecule has 0 aromatic heterocycles. The number of rotatable bonds is 2. The highest BCUT2D eigenvalue weighted by atomic mass is 32.1. The Bertz CT molecular complexity index is 237. The fraction of sp³-hybridized carbons (Fsp3) is 0.250. The maximum Gasteiger partial charge on any atom is 0.390 e. The summed E-state index contributed by atoms with van der Waals surface area (Å²) in [5.41, 5.74) is 2.10. The second-order valence-corrected chi connectivity index (χ2v) is 2.96. The summed E-state index contributed by atoms with van der Waals surface area (Å²) in [6.45, 7) is 2.09. The van der Waals surface area contributed by atoms with E-state index in [1.54, 1.807) is 0 Å². The van der Waals surface area contributed by atoms with Crippen molar-refractivity contribution in [1.29, 1.82) is 0 Å². The van der Waals surface area contributed by atoms with Crippen LogP contribution in [-0.4, -0.2) is 11.2 Å². The molecule has 0 saturated carbocycles. The van der Waals surface area contributed by atoms with Crippen molar-refractivity contribution in [3.63, 3.8) is 0 Å². The molecule has 1 N–H and O–H groups in total. The van der Waals surface area contributed by atoms with Crippen LogP contribution in [0.4, 0.5) is 0 Å². The van der Waals surface area contributed by atoms with Gasteiger partial charge in [0, 0.05) is 0 Å². The molecule has 3 heteroatoms. The van der Waals surface area contributed by atoms with Crippen molar-refractivity contribution < 1.29 is 5.02 Å². The van der Waals surface area contributed by atoms with Gasteiger partial charge in [-0.1, -0.05) is 31.2 Å². The molecule has 1 aromatic rings. The molecule has 58 valence electrons. The average Bonchev–Trinajstić information content (AvgIpc) is 2.05. The highest BCUT2D eigenvalue weighted by Crippen LogP contribution is 1.98. The van der Waals surface area contributed by atoms with Gasteiger partial charge in [0.1, 0.15) is 0 Å². The van der Waals surface area contributed by atoms with Crippen molar-refractivity contribution in [2.75, 3.05) is 0 Å². The number of aryl methyl sites for hydroxylation is 1. The molecule has 0 spiro atoms. The zero-order valence-electron chi connectivity index (χ0n) is 6.49. The molecule has 11 heavy (non-hydrogen) atoms. The van der Waals surface area contributed by atoms with E-state index in [0.717, 1.165) is 11.9 Å². The Balaban J connectivity index is 2.91. The third kappa shape index (κ3) is 2.28. The number of hydrogen-bond acceptors (Lipinski definition) is 2. The average molecular weight is 166 g/mol. The largest absolute Gasteiger partial charge is 0.438 e. The fourth-order valence-electron chi connectivity index (χ4n) is 0.974. The van der Waals surface area contributed by atoms with Crippen LogP contribution in [0.2, 0.25) is 0 Å². The van der Waals surface area contributed by atoms with Crippen molar-refractivity contribution in [2.45, 2.75) is 13.3 Å². The topological polar surface area (TPSA) is 20.2 Å². The van der Waals surface area contributed by atoms with E-state index in [4.69, 9.17) is 5.02 Å². The summed E-state index contributed by atoms with van der Waals surface area (Å²) in [7, 11) is 0. The minimum Gasteiger partial charge on any atom is -0.438 e. The number of thiol groups is 1. The zero-order valence-corrected chi connectivity index (χ0v) is 7.38. The minimum atomic E-state index is -0.651. The normalized spacial score (nSPS) is 9.73. The molecule has 1 rings (SSSR count). The molecule has 0 amide bonds. The second-order valence-electron chi connectivity index (χ2n) is 2.47. The maximum absolute atomic E-state index is 9.11. The lowest BCUT2D eigenvalue weighted by Crippen LogP contribution is -2.23. The van der Waals surface area contributed by atoms with Gasteiger partial charge in [-0.3, -0.25) is 0 Å². The van der Waals surface area contributed by atoms with Crippen molar-refractivity contribution in [2.24, 2.45) is 0 Å². The van der Waals surface area contributed by atoms with E-state index in [-0.39, 0.29) is 0 Å². The van der Waals surface area contributed by atoms with Gasteiger partial charge in [0.2, 0.25) is 0 Å². The molecule has 0 unspecified atom stereocenters. The molecule has 1 nitrogen and oxygen atoms in total. The first kappa shape index (κ1) is 8.69. The molecule has 0 saturated heterocycles. The summed E-state index contributed by atoms with van der Waals surface area (Å²) < 4.78 is 0. The zero-order chi connectivity index (χ0) is 8.27. The van der Waals surface area contributed by atoms with Crippen LogP contribution in [0, 0.1) is 0 Å². The smallest absolute Gasteiger partial charge is 0.390 e. The third-order valence-electron chi connectivity index (χ3n) is 1.66. The van der Waals surface area contributed by atoms with Gasteiger partial charge in [0.05, 0.1) is 0 Å². The van der Waals surface area contributed by atoms with Crippen LogP contribution in [0.5, 0.6) is 0 Å². The molecule has 1 aromatic carbocycles. The second kappa shape index (κ2) is 3.84. The van der Waals surface area contributed by atoms with Crippen LogP contribution in [0.1, 0.15) is 12.5 Å². The summed E-state index contributed by atoms with van der Waals surface area (Å²) in [6, 6.07) is 7.82. The lowest BCUT2D eigenvalue weighted by Gasteiger charge is -2.01. The van der Waals surface area contributed by atoms with Crippen LogP contribution < -0.4 is 5.46 Å².